The number of esters is 3. The average Bonchev–Trinajstić information content (AvgIpc) is 3.45. The second kappa shape index (κ2) is 65.8. The van der Waals surface area contributed by atoms with E-state index in [9.17, 15) is 14.4 Å². The minimum absolute atomic E-state index is 0.108. The quantitative estimate of drug-likeness (QED) is 0.0261. The second-order valence-electron chi connectivity index (χ2n) is 20.9. The zero-order valence-electron chi connectivity index (χ0n) is 51.1. The minimum Gasteiger partial charge on any atom is -0.462 e. The van der Waals surface area contributed by atoms with E-state index >= 15 is 0 Å². The first-order valence-corrected chi connectivity index (χ1v) is 32.3. The van der Waals surface area contributed by atoms with Crippen molar-refractivity contribution in [3.63, 3.8) is 0 Å². The fourth-order valence-electron chi connectivity index (χ4n) is 8.54. The van der Waals surface area contributed by atoms with Crippen molar-refractivity contribution in [3.8, 4) is 0 Å². The summed E-state index contributed by atoms with van der Waals surface area (Å²) in [5.74, 6) is -0.982. The van der Waals surface area contributed by atoms with Crippen LogP contribution in [0.15, 0.2) is 146 Å². The van der Waals surface area contributed by atoms with Gasteiger partial charge in [0.25, 0.3) is 0 Å². The van der Waals surface area contributed by atoms with Crippen LogP contribution in [0.5, 0.6) is 0 Å². The van der Waals surface area contributed by atoms with Crippen LogP contribution >= 0.6 is 0 Å². The number of hydrogen-bond donors (Lipinski definition) is 0. The zero-order valence-corrected chi connectivity index (χ0v) is 51.1. The first kappa shape index (κ1) is 74.3. The minimum atomic E-state index is -0.816. The number of allylic oxidation sites excluding steroid dienone is 24. The number of unbranched alkanes of at least 4 members (excludes halogenated alkanes) is 22. The van der Waals surface area contributed by atoms with Crippen LogP contribution < -0.4 is 0 Å². The molecule has 0 saturated heterocycles. The number of rotatable bonds is 57. The highest BCUT2D eigenvalue weighted by molar-refractivity contribution is 5.71. The lowest BCUT2D eigenvalue weighted by molar-refractivity contribution is -0.167. The molecule has 1 unspecified atom stereocenters. The molecule has 0 amide bonds. The normalized spacial score (nSPS) is 13.1. The number of ether oxygens (including phenoxy) is 3. The number of carbonyl (C=O) groups is 3. The Morgan fingerprint density at radius 3 is 0.823 bits per heavy atom. The Labute approximate surface area is 487 Å². The van der Waals surface area contributed by atoms with Crippen LogP contribution in [-0.2, 0) is 28.6 Å². The molecule has 6 heteroatoms. The van der Waals surface area contributed by atoms with Crippen LogP contribution in [0.3, 0.4) is 0 Å². The van der Waals surface area contributed by atoms with E-state index in [1.165, 1.54) is 109 Å². The molecule has 446 valence electrons. The van der Waals surface area contributed by atoms with E-state index < -0.39 is 6.10 Å². The van der Waals surface area contributed by atoms with E-state index in [1.807, 2.05) is 0 Å². The highest BCUT2D eigenvalue weighted by atomic mass is 16.6. The van der Waals surface area contributed by atoms with Crippen molar-refractivity contribution in [3.05, 3.63) is 146 Å². The Bertz CT molecular complexity index is 1730. The summed E-state index contributed by atoms with van der Waals surface area (Å²) < 4.78 is 16.9. The van der Waals surface area contributed by atoms with Gasteiger partial charge in [0.2, 0.25) is 0 Å². The molecule has 0 rings (SSSR count). The molecule has 0 N–H and O–H groups in total. The van der Waals surface area contributed by atoms with Crippen LogP contribution in [0.1, 0.15) is 278 Å². The summed E-state index contributed by atoms with van der Waals surface area (Å²) in [5.41, 5.74) is 0. The van der Waals surface area contributed by atoms with E-state index in [0.717, 1.165) is 122 Å². The van der Waals surface area contributed by atoms with Gasteiger partial charge in [0, 0.05) is 19.3 Å². The molecule has 1 atom stereocenters. The molecule has 0 fully saturated rings. The highest BCUT2D eigenvalue weighted by Gasteiger charge is 2.19. The van der Waals surface area contributed by atoms with Crippen molar-refractivity contribution in [1.82, 2.24) is 0 Å². The topological polar surface area (TPSA) is 78.9 Å². The SMILES string of the molecule is CC/C=C\C/C=C\C/C=C\C/C=C\C/C=C\CCCCCCCCCC(=O)OCC(COC(=O)CCC/C=C\C/C=C\C/C=C\C/C=C\C/C=C\CC)OC(=O)CCCCCCCCCCC/C=C\C/C=C\CCCCCCC. The van der Waals surface area contributed by atoms with Gasteiger partial charge >= 0.3 is 17.9 Å². The summed E-state index contributed by atoms with van der Waals surface area (Å²) in [7, 11) is 0. The molecule has 0 aliphatic carbocycles. The van der Waals surface area contributed by atoms with Crippen molar-refractivity contribution >= 4 is 17.9 Å². The molecule has 0 radical (unpaired) electrons. The maximum atomic E-state index is 12.9. The van der Waals surface area contributed by atoms with E-state index in [1.54, 1.807) is 0 Å². The van der Waals surface area contributed by atoms with E-state index in [4.69, 9.17) is 14.2 Å². The average molecular weight is 1090 g/mol. The molecule has 0 aliphatic heterocycles. The van der Waals surface area contributed by atoms with Crippen LogP contribution in [0, 0.1) is 0 Å². The standard InChI is InChI=1S/C73H118O6/c1-4-7-10-13-16-19-22-25-28-31-33-35-36-38-39-42-45-48-51-54-57-60-63-66-72(75)78-69-70(68-77-71(74)65-62-59-56-53-50-47-44-41-30-27-24-21-18-15-12-9-6-3)79-73(76)67-64-61-58-55-52-49-46-43-40-37-34-32-29-26-23-20-17-14-11-8-5-2/h7,9-10,12,16,18-19,21,23,25-28,30,32-35,38-39,44,47,53,56,70H,4-6,8,11,13-15,17,20,22,24,29,31,36-37,40-43,45-46,48-52,54-55,57-69H2,1-3H3/b10-7-,12-9-,19-16-,21-18-,26-23-,28-25-,30-27-,34-32-,35-33-,39-38-,47-44-,56-53-. The smallest absolute Gasteiger partial charge is 0.306 e. The predicted molar refractivity (Wildman–Crippen MR) is 343 cm³/mol. The van der Waals surface area contributed by atoms with Crippen LogP contribution in [0.4, 0.5) is 0 Å². The Morgan fingerprint density at radius 1 is 0.266 bits per heavy atom. The zero-order chi connectivity index (χ0) is 57.1. The monoisotopic (exact) mass is 1090 g/mol. The van der Waals surface area contributed by atoms with Gasteiger partial charge in [-0.1, -0.05) is 269 Å². The number of hydrogen-bond acceptors (Lipinski definition) is 6. The summed E-state index contributed by atoms with van der Waals surface area (Å²) >= 11 is 0. The van der Waals surface area contributed by atoms with Gasteiger partial charge in [-0.2, -0.15) is 0 Å². The summed E-state index contributed by atoms with van der Waals surface area (Å²) in [6.45, 7) is 6.35. The van der Waals surface area contributed by atoms with Gasteiger partial charge in [0.1, 0.15) is 13.2 Å². The van der Waals surface area contributed by atoms with Gasteiger partial charge in [0.15, 0.2) is 6.10 Å². The second-order valence-corrected chi connectivity index (χ2v) is 20.9. The predicted octanol–water partition coefficient (Wildman–Crippen LogP) is 22.3. The molecule has 0 aromatic carbocycles. The maximum absolute atomic E-state index is 12.9. The molecule has 79 heavy (non-hydrogen) atoms. The largest absolute Gasteiger partial charge is 0.462 e. The molecule has 0 heterocycles. The third-order valence-electron chi connectivity index (χ3n) is 13.3. The Kier molecular flexibility index (Phi) is 61.9. The Hall–Kier alpha value is -4.71. The fourth-order valence-corrected chi connectivity index (χ4v) is 8.54. The lowest BCUT2D eigenvalue weighted by Gasteiger charge is -2.18. The van der Waals surface area contributed by atoms with E-state index in [-0.39, 0.29) is 37.5 Å². The third kappa shape index (κ3) is 64.0. The molecule has 6 nitrogen and oxygen atoms in total. The van der Waals surface area contributed by atoms with Crippen molar-refractivity contribution in [2.45, 2.75) is 284 Å². The summed E-state index contributed by atoms with van der Waals surface area (Å²) in [5, 5.41) is 0. The molecule has 0 spiro atoms. The van der Waals surface area contributed by atoms with Crippen LogP contribution in [0.2, 0.25) is 0 Å². The summed E-state index contributed by atoms with van der Waals surface area (Å²) in [4.78, 5) is 38.4. The molecule has 0 aromatic rings. The highest BCUT2D eigenvalue weighted by Crippen LogP contribution is 2.15. The van der Waals surface area contributed by atoms with Crippen molar-refractivity contribution in [2.75, 3.05) is 13.2 Å². The van der Waals surface area contributed by atoms with Crippen molar-refractivity contribution in [2.24, 2.45) is 0 Å². The molecular weight excluding hydrogens is 973 g/mol. The summed E-state index contributed by atoms with van der Waals surface area (Å²) in [6.07, 6.45) is 94.2. The van der Waals surface area contributed by atoms with Crippen LogP contribution in [0.25, 0.3) is 0 Å². The molecule has 0 bridgehead atoms. The van der Waals surface area contributed by atoms with Gasteiger partial charge in [-0.15, -0.1) is 0 Å². The lowest BCUT2D eigenvalue weighted by atomic mass is 10.1. The Balaban J connectivity index is 4.50. The van der Waals surface area contributed by atoms with Gasteiger partial charge in [-0.05, 0) is 135 Å². The molecule has 0 saturated carbocycles. The van der Waals surface area contributed by atoms with Gasteiger partial charge in [0.05, 0.1) is 0 Å². The van der Waals surface area contributed by atoms with Crippen LogP contribution in [-0.4, -0.2) is 37.2 Å². The Morgan fingerprint density at radius 2 is 0.506 bits per heavy atom. The van der Waals surface area contributed by atoms with Gasteiger partial charge < -0.3 is 14.2 Å². The molecule has 0 aliphatic rings. The molecular formula is C73H118O6. The lowest BCUT2D eigenvalue weighted by Crippen LogP contribution is -2.30. The van der Waals surface area contributed by atoms with Gasteiger partial charge in [-0.25, -0.2) is 0 Å². The number of carbonyl (C=O) groups excluding carboxylic acids is 3. The van der Waals surface area contributed by atoms with Crippen molar-refractivity contribution < 1.29 is 28.6 Å². The third-order valence-corrected chi connectivity index (χ3v) is 13.3. The fraction of sp³-hybridized carbons (Fsp3) is 0.630. The maximum Gasteiger partial charge on any atom is 0.306 e. The first-order chi connectivity index (χ1) is 39.0. The first-order valence-electron chi connectivity index (χ1n) is 32.3. The van der Waals surface area contributed by atoms with Crippen molar-refractivity contribution in [1.29, 1.82) is 0 Å². The van der Waals surface area contributed by atoms with E-state index in [2.05, 4.69) is 167 Å². The van der Waals surface area contributed by atoms with E-state index in [0.29, 0.717) is 19.3 Å². The van der Waals surface area contributed by atoms with Gasteiger partial charge in [-0.3, -0.25) is 14.4 Å². The molecule has 0 aromatic heterocycles. The summed E-state index contributed by atoms with van der Waals surface area (Å²) in [6, 6.07) is 0.